The van der Waals surface area contributed by atoms with Gasteiger partial charge in [0, 0.05) is 19.6 Å². The van der Waals surface area contributed by atoms with Gasteiger partial charge in [0.15, 0.2) is 0 Å². The third-order valence-corrected chi connectivity index (χ3v) is 4.05. The lowest BCUT2D eigenvalue weighted by atomic mass is 10.1. The summed E-state index contributed by atoms with van der Waals surface area (Å²) in [5.41, 5.74) is 1.29. The molecule has 0 bridgehead atoms. The zero-order chi connectivity index (χ0) is 15.2. The van der Waals surface area contributed by atoms with Crippen LogP contribution in [0.5, 0.6) is 0 Å². The van der Waals surface area contributed by atoms with Crippen molar-refractivity contribution in [1.29, 1.82) is 0 Å². The summed E-state index contributed by atoms with van der Waals surface area (Å²) in [6.07, 6.45) is 3.67. The van der Waals surface area contributed by atoms with Gasteiger partial charge in [-0.3, -0.25) is 0 Å². The van der Waals surface area contributed by atoms with Crippen LogP contribution in [-0.2, 0) is 6.42 Å². The molecule has 1 aromatic carbocycles. The number of benzene rings is 1. The van der Waals surface area contributed by atoms with Gasteiger partial charge in [-0.25, -0.2) is 4.79 Å². The van der Waals surface area contributed by atoms with E-state index in [-0.39, 0.29) is 18.2 Å². The number of nitrogens with one attached hydrogen (secondary N) is 1. The average Bonchev–Trinajstić information content (AvgIpc) is 3.30. The molecule has 1 aromatic rings. The van der Waals surface area contributed by atoms with Crippen molar-refractivity contribution in [2.75, 3.05) is 13.6 Å². The maximum atomic E-state index is 12.0. The van der Waals surface area contributed by atoms with Gasteiger partial charge in [0.05, 0.1) is 6.10 Å². The summed E-state index contributed by atoms with van der Waals surface area (Å²) >= 11 is 0. The third-order valence-electron chi connectivity index (χ3n) is 4.05. The van der Waals surface area contributed by atoms with E-state index in [1.807, 2.05) is 25.1 Å². The van der Waals surface area contributed by atoms with Crippen LogP contribution in [-0.4, -0.2) is 41.8 Å². The van der Waals surface area contributed by atoms with Crippen LogP contribution < -0.4 is 5.32 Å². The molecular weight excluding hydrogens is 264 g/mol. The normalized spacial score (nSPS) is 17.1. The molecule has 0 heterocycles. The largest absolute Gasteiger partial charge is 0.391 e. The Morgan fingerprint density at radius 3 is 2.67 bits per heavy atom. The van der Waals surface area contributed by atoms with E-state index in [1.54, 1.807) is 11.9 Å². The number of aliphatic hydroxyl groups excluding tert-OH is 1. The Morgan fingerprint density at radius 1 is 1.38 bits per heavy atom. The van der Waals surface area contributed by atoms with Crippen molar-refractivity contribution >= 4 is 6.03 Å². The zero-order valence-corrected chi connectivity index (χ0v) is 13.0. The minimum atomic E-state index is -0.375. The third kappa shape index (κ3) is 5.38. The molecule has 2 unspecified atom stereocenters. The summed E-state index contributed by atoms with van der Waals surface area (Å²) in [6, 6.07) is 10.3. The molecule has 0 radical (unpaired) electrons. The Kier molecular flexibility index (Phi) is 5.62. The molecule has 2 atom stereocenters. The van der Waals surface area contributed by atoms with E-state index in [1.165, 1.54) is 5.56 Å². The molecule has 0 aromatic heterocycles. The molecule has 0 saturated heterocycles. The van der Waals surface area contributed by atoms with Crippen molar-refractivity contribution in [3.63, 3.8) is 0 Å². The summed E-state index contributed by atoms with van der Waals surface area (Å²) in [4.78, 5) is 13.6. The van der Waals surface area contributed by atoms with E-state index >= 15 is 0 Å². The van der Waals surface area contributed by atoms with Crippen molar-refractivity contribution in [1.82, 2.24) is 10.2 Å². The molecule has 2 N–H and O–H groups in total. The van der Waals surface area contributed by atoms with Crippen LogP contribution >= 0.6 is 0 Å². The monoisotopic (exact) mass is 290 g/mol. The van der Waals surface area contributed by atoms with E-state index in [4.69, 9.17) is 0 Å². The zero-order valence-electron chi connectivity index (χ0n) is 13.0. The van der Waals surface area contributed by atoms with Crippen LogP contribution in [0.1, 0.15) is 31.7 Å². The average molecular weight is 290 g/mol. The van der Waals surface area contributed by atoms with Crippen LogP contribution in [0.2, 0.25) is 0 Å². The smallest absolute Gasteiger partial charge is 0.317 e. The first-order chi connectivity index (χ1) is 10.1. The predicted octanol–water partition coefficient (Wildman–Crippen LogP) is 2.42. The highest BCUT2D eigenvalue weighted by atomic mass is 16.3. The molecule has 1 saturated carbocycles. The molecule has 1 aliphatic rings. The standard InChI is InChI=1S/C17H26N2O2/c1-13(8-9-14-6-4-3-5-7-14)18-17(21)19(2)12-16(20)15-10-11-15/h3-7,13,15-16,20H,8-12H2,1-2H3,(H,18,21). The molecule has 0 spiro atoms. The molecule has 1 fully saturated rings. The van der Waals surface area contributed by atoms with Gasteiger partial charge >= 0.3 is 6.03 Å². The lowest BCUT2D eigenvalue weighted by Gasteiger charge is -2.23. The van der Waals surface area contributed by atoms with Crippen molar-refractivity contribution in [3.8, 4) is 0 Å². The number of likely N-dealkylation sites (N-methyl/N-ethyl adjacent to an activating group) is 1. The fourth-order valence-electron chi connectivity index (χ4n) is 2.41. The van der Waals surface area contributed by atoms with E-state index in [0.717, 1.165) is 25.7 Å². The number of carbonyl (C=O) groups excluding carboxylic acids is 1. The first-order valence-electron chi connectivity index (χ1n) is 7.80. The first-order valence-corrected chi connectivity index (χ1v) is 7.80. The molecule has 21 heavy (non-hydrogen) atoms. The fourth-order valence-corrected chi connectivity index (χ4v) is 2.41. The van der Waals surface area contributed by atoms with Gasteiger partial charge in [-0.1, -0.05) is 30.3 Å². The number of aliphatic hydroxyl groups is 1. The van der Waals surface area contributed by atoms with Crippen molar-refractivity contribution < 1.29 is 9.90 Å². The molecule has 2 amide bonds. The lowest BCUT2D eigenvalue weighted by Crippen LogP contribution is -2.45. The lowest BCUT2D eigenvalue weighted by molar-refractivity contribution is 0.112. The van der Waals surface area contributed by atoms with Crippen molar-refractivity contribution in [2.24, 2.45) is 5.92 Å². The molecule has 1 aliphatic carbocycles. The van der Waals surface area contributed by atoms with Gasteiger partial charge in [-0.05, 0) is 44.1 Å². The van der Waals surface area contributed by atoms with E-state index < -0.39 is 0 Å². The van der Waals surface area contributed by atoms with Crippen LogP contribution in [0.15, 0.2) is 30.3 Å². The highest BCUT2D eigenvalue weighted by Gasteiger charge is 2.31. The number of hydrogen-bond donors (Lipinski definition) is 2. The second-order valence-electron chi connectivity index (χ2n) is 6.16. The summed E-state index contributed by atoms with van der Waals surface area (Å²) < 4.78 is 0. The second kappa shape index (κ2) is 7.46. The number of urea groups is 1. The Hall–Kier alpha value is -1.55. The van der Waals surface area contributed by atoms with Crippen LogP contribution in [0.4, 0.5) is 4.79 Å². The summed E-state index contributed by atoms with van der Waals surface area (Å²) in [6.45, 7) is 2.44. The van der Waals surface area contributed by atoms with Crippen molar-refractivity contribution in [3.05, 3.63) is 35.9 Å². The van der Waals surface area contributed by atoms with Crippen LogP contribution in [0.25, 0.3) is 0 Å². The topological polar surface area (TPSA) is 52.6 Å². The van der Waals surface area contributed by atoms with Gasteiger partial charge in [0.2, 0.25) is 0 Å². The number of hydrogen-bond acceptors (Lipinski definition) is 2. The summed E-state index contributed by atoms with van der Waals surface area (Å²) in [5, 5.41) is 12.9. The molecule has 4 heteroatoms. The number of nitrogens with zero attached hydrogens (tertiary/aromatic N) is 1. The summed E-state index contributed by atoms with van der Waals surface area (Å²) in [5.74, 6) is 0.399. The van der Waals surface area contributed by atoms with Crippen molar-refractivity contribution in [2.45, 2.75) is 44.8 Å². The van der Waals surface area contributed by atoms with E-state index in [0.29, 0.717) is 12.5 Å². The number of carbonyl (C=O) groups is 1. The van der Waals surface area contributed by atoms with Gasteiger partial charge in [0.25, 0.3) is 0 Å². The minimum absolute atomic E-state index is 0.102. The molecule has 0 aliphatic heterocycles. The van der Waals surface area contributed by atoms with E-state index in [2.05, 4.69) is 17.4 Å². The van der Waals surface area contributed by atoms with E-state index in [9.17, 15) is 9.90 Å². The molecular formula is C17H26N2O2. The van der Waals surface area contributed by atoms with Crippen LogP contribution in [0, 0.1) is 5.92 Å². The van der Waals surface area contributed by atoms with Gasteiger partial charge in [0.1, 0.15) is 0 Å². The molecule has 116 valence electrons. The maximum absolute atomic E-state index is 12.0. The quantitative estimate of drug-likeness (QED) is 0.810. The predicted molar refractivity (Wildman–Crippen MR) is 84.1 cm³/mol. The molecule has 4 nitrogen and oxygen atoms in total. The second-order valence-corrected chi connectivity index (χ2v) is 6.16. The number of amides is 2. The first kappa shape index (κ1) is 15.8. The Balaban J connectivity index is 1.68. The number of rotatable bonds is 7. The highest BCUT2D eigenvalue weighted by molar-refractivity contribution is 5.74. The Labute approximate surface area is 127 Å². The number of aryl methyl sites for hydroxylation is 1. The minimum Gasteiger partial charge on any atom is -0.391 e. The van der Waals surface area contributed by atoms with Gasteiger partial charge in [-0.15, -0.1) is 0 Å². The maximum Gasteiger partial charge on any atom is 0.317 e. The Morgan fingerprint density at radius 2 is 2.05 bits per heavy atom. The van der Waals surface area contributed by atoms with Gasteiger partial charge in [-0.2, -0.15) is 0 Å². The Bertz CT molecular complexity index is 445. The summed E-state index contributed by atoms with van der Waals surface area (Å²) in [7, 11) is 1.74. The fraction of sp³-hybridized carbons (Fsp3) is 0.588. The van der Waals surface area contributed by atoms with Crippen LogP contribution in [0.3, 0.4) is 0 Å². The molecule has 2 rings (SSSR count). The highest BCUT2D eigenvalue weighted by Crippen LogP contribution is 2.32. The SMILES string of the molecule is CC(CCc1ccccc1)NC(=O)N(C)CC(O)C1CC1. The van der Waals surface area contributed by atoms with Gasteiger partial charge < -0.3 is 15.3 Å².